The highest BCUT2D eigenvalue weighted by molar-refractivity contribution is 5.98. The number of rotatable bonds is 5. The highest BCUT2D eigenvalue weighted by Gasteiger charge is 2.10. The second kappa shape index (κ2) is 5.69. The Kier molecular flexibility index (Phi) is 4.53. The molecule has 0 spiro atoms. The van der Waals surface area contributed by atoms with Crippen LogP contribution in [0.25, 0.3) is 0 Å². The molecule has 1 N–H and O–H groups in total. The fraction of sp³-hybridized carbons (Fsp3) is 0.500. The maximum absolute atomic E-state index is 11.8. The van der Waals surface area contributed by atoms with Crippen molar-refractivity contribution in [2.45, 2.75) is 40.0 Å². The lowest BCUT2D eigenvalue weighted by molar-refractivity contribution is 0.0975. The van der Waals surface area contributed by atoms with Crippen LogP contribution < -0.4 is 0 Å². The summed E-state index contributed by atoms with van der Waals surface area (Å²) in [5.74, 6) is 0.770. The molecular weight excluding hydrogens is 200 g/mol. The molecule has 0 aliphatic rings. The van der Waals surface area contributed by atoms with Gasteiger partial charge in [0.25, 0.3) is 0 Å². The van der Waals surface area contributed by atoms with Gasteiger partial charge in [0.1, 0.15) is 5.75 Å². The topological polar surface area (TPSA) is 37.3 Å². The average Bonchev–Trinajstić information content (AvgIpc) is 2.16. The lowest BCUT2D eigenvalue weighted by Gasteiger charge is -2.06. The van der Waals surface area contributed by atoms with Gasteiger partial charge in [0.15, 0.2) is 5.78 Å². The Hall–Kier alpha value is -1.31. The van der Waals surface area contributed by atoms with Crippen molar-refractivity contribution in [3.05, 3.63) is 29.3 Å². The molecule has 0 fully saturated rings. The van der Waals surface area contributed by atoms with Crippen molar-refractivity contribution < 1.29 is 9.90 Å². The maximum atomic E-state index is 11.8. The quantitative estimate of drug-likeness (QED) is 0.768. The van der Waals surface area contributed by atoms with Gasteiger partial charge in [0, 0.05) is 6.42 Å². The fourth-order valence-electron chi connectivity index (χ4n) is 1.68. The normalized spacial score (nSPS) is 10.8. The van der Waals surface area contributed by atoms with Gasteiger partial charge in [-0.15, -0.1) is 0 Å². The zero-order chi connectivity index (χ0) is 12.1. The highest BCUT2D eigenvalue weighted by atomic mass is 16.3. The van der Waals surface area contributed by atoms with Crippen LogP contribution in [0.1, 0.15) is 49.0 Å². The van der Waals surface area contributed by atoms with Gasteiger partial charge in [-0.2, -0.15) is 0 Å². The van der Waals surface area contributed by atoms with Crippen LogP contribution in [0.5, 0.6) is 5.75 Å². The maximum Gasteiger partial charge on any atom is 0.166 e. The van der Waals surface area contributed by atoms with Crippen LogP contribution in [0.4, 0.5) is 0 Å². The van der Waals surface area contributed by atoms with E-state index in [1.165, 1.54) is 0 Å². The zero-order valence-corrected chi connectivity index (χ0v) is 10.3. The van der Waals surface area contributed by atoms with Crippen molar-refractivity contribution in [2.24, 2.45) is 5.92 Å². The number of carbonyl (C=O) groups excluding carboxylic acids is 1. The van der Waals surface area contributed by atoms with E-state index in [4.69, 9.17) is 0 Å². The molecule has 16 heavy (non-hydrogen) atoms. The molecule has 2 nitrogen and oxygen atoms in total. The molecule has 0 saturated carbocycles. The van der Waals surface area contributed by atoms with Gasteiger partial charge >= 0.3 is 0 Å². The average molecular weight is 220 g/mol. The first-order chi connectivity index (χ1) is 7.50. The summed E-state index contributed by atoms with van der Waals surface area (Å²) in [5.41, 5.74) is 1.42. The van der Waals surface area contributed by atoms with Crippen LogP contribution in [-0.2, 0) is 0 Å². The third-order valence-corrected chi connectivity index (χ3v) is 2.64. The molecule has 88 valence electrons. The number of phenolic OH excluding ortho intramolecular Hbond substituents is 1. The van der Waals surface area contributed by atoms with E-state index in [-0.39, 0.29) is 11.5 Å². The van der Waals surface area contributed by atoms with E-state index in [1.807, 2.05) is 13.0 Å². The minimum absolute atomic E-state index is 0.0400. The number of Topliss-reactive ketones (excluding diaryl/α,β-unsaturated/α-hetero) is 1. The third kappa shape index (κ3) is 3.69. The van der Waals surface area contributed by atoms with E-state index in [2.05, 4.69) is 13.8 Å². The molecule has 0 unspecified atom stereocenters. The van der Waals surface area contributed by atoms with Crippen molar-refractivity contribution >= 4 is 5.78 Å². The third-order valence-electron chi connectivity index (χ3n) is 2.64. The zero-order valence-electron chi connectivity index (χ0n) is 10.3. The number of phenols is 1. The Morgan fingerprint density at radius 2 is 2.06 bits per heavy atom. The Bertz CT molecular complexity index is 367. The van der Waals surface area contributed by atoms with Gasteiger partial charge in [0.05, 0.1) is 5.56 Å². The summed E-state index contributed by atoms with van der Waals surface area (Å²) in [5, 5.41) is 9.65. The summed E-state index contributed by atoms with van der Waals surface area (Å²) in [6.07, 6.45) is 2.47. The Balaban J connectivity index is 2.59. The number of hydrogen-bond acceptors (Lipinski definition) is 2. The summed E-state index contributed by atoms with van der Waals surface area (Å²) >= 11 is 0. The van der Waals surface area contributed by atoms with Crippen LogP contribution in [-0.4, -0.2) is 10.9 Å². The molecule has 0 bridgehead atoms. The molecule has 0 amide bonds. The highest BCUT2D eigenvalue weighted by Crippen LogP contribution is 2.21. The van der Waals surface area contributed by atoms with Crippen LogP contribution in [0.15, 0.2) is 18.2 Å². The molecule has 0 aromatic heterocycles. The lowest BCUT2D eigenvalue weighted by Crippen LogP contribution is -2.00. The molecular formula is C14H20O2. The minimum atomic E-state index is 0.0400. The monoisotopic (exact) mass is 220 g/mol. The fourth-order valence-corrected chi connectivity index (χ4v) is 1.68. The van der Waals surface area contributed by atoms with Crippen LogP contribution in [0.3, 0.4) is 0 Å². The predicted molar refractivity (Wildman–Crippen MR) is 65.9 cm³/mol. The number of ketones is 1. The van der Waals surface area contributed by atoms with E-state index in [1.54, 1.807) is 12.1 Å². The lowest BCUT2D eigenvalue weighted by atomic mass is 10.00. The number of aryl methyl sites for hydroxylation is 1. The van der Waals surface area contributed by atoms with Crippen molar-refractivity contribution in [2.75, 3.05) is 0 Å². The van der Waals surface area contributed by atoms with Crippen LogP contribution in [0.2, 0.25) is 0 Å². The number of hydrogen-bond donors (Lipinski definition) is 1. The SMILES string of the molecule is Cc1ccc(C(=O)CCCC(C)C)c(O)c1. The molecule has 0 aliphatic heterocycles. The largest absolute Gasteiger partial charge is 0.507 e. The molecule has 1 aromatic rings. The van der Waals surface area contributed by atoms with E-state index < -0.39 is 0 Å². The summed E-state index contributed by atoms with van der Waals surface area (Å²) in [4.78, 5) is 11.8. The molecule has 0 aliphatic carbocycles. The predicted octanol–water partition coefficient (Wildman–Crippen LogP) is 3.71. The number of carbonyl (C=O) groups is 1. The van der Waals surface area contributed by atoms with E-state index >= 15 is 0 Å². The smallest absolute Gasteiger partial charge is 0.166 e. The summed E-state index contributed by atoms with van der Waals surface area (Å²) in [7, 11) is 0. The first-order valence-electron chi connectivity index (χ1n) is 5.83. The first-order valence-corrected chi connectivity index (χ1v) is 5.83. The first kappa shape index (κ1) is 12.8. The number of benzene rings is 1. The summed E-state index contributed by atoms with van der Waals surface area (Å²) in [6.45, 7) is 6.19. The summed E-state index contributed by atoms with van der Waals surface area (Å²) < 4.78 is 0. The second-order valence-electron chi connectivity index (χ2n) is 4.73. The van der Waals surface area contributed by atoms with Gasteiger partial charge in [-0.3, -0.25) is 4.79 Å². The van der Waals surface area contributed by atoms with Crippen molar-refractivity contribution in [1.29, 1.82) is 0 Å². The van der Waals surface area contributed by atoms with Gasteiger partial charge in [-0.25, -0.2) is 0 Å². The molecule has 1 aromatic carbocycles. The van der Waals surface area contributed by atoms with E-state index in [0.29, 0.717) is 17.9 Å². The van der Waals surface area contributed by atoms with Gasteiger partial charge in [-0.1, -0.05) is 26.3 Å². The van der Waals surface area contributed by atoms with Gasteiger partial charge < -0.3 is 5.11 Å². The van der Waals surface area contributed by atoms with Crippen LogP contribution in [0, 0.1) is 12.8 Å². The Morgan fingerprint density at radius 1 is 1.38 bits per heavy atom. The molecule has 0 atom stereocenters. The number of aromatic hydroxyl groups is 1. The molecule has 1 rings (SSSR count). The minimum Gasteiger partial charge on any atom is -0.507 e. The van der Waals surface area contributed by atoms with E-state index in [0.717, 1.165) is 18.4 Å². The summed E-state index contributed by atoms with van der Waals surface area (Å²) in [6, 6.07) is 5.20. The van der Waals surface area contributed by atoms with Gasteiger partial charge in [-0.05, 0) is 37.0 Å². The van der Waals surface area contributed by atoms with Crippen LogP contribution >= 0.6 is 0 Å². The van der Waals surface area contributed by atoms with Crippen molar-refractivity contribution in [1.82, 2.24) is 0 Å². The van der Waals surface area contributed by atoms with E-state index in [9.17, 15) is 9.90 Å². The molecule has 2 heteroatoms. The van der Waals surface area contributed by atoms with Crippen molar-refractivity contribution in [3.8, 4) is 5.75 Å². The second-order valence-corrected chi connectivity index (χ2v) is 4.73. The Labute approximate surface area is 97.3 Å². The molecule has 0 heterocycles. The molecule has 0 radical (unpaired) electrons. The molecule has 0 saturated heterocycles. The van der Waals surface area contributed by atoms with Crippen molar-refractivity contribution in [3.63, 3.8) is 0 Å². The van der Waals surface area contributed by atoms with Gasteiger partial charge in [0.2, 0.25) is 0 Å². The standard InChI is InChI=1S/C14H20O2/c1-10(2)5-4-6-13(15)12-8-7-11(3)9-14(12)16/h7-10,16H,4-6H2,1-3H3. The Morgan fingerprint density at radius 3 is 2.62 bits per heavy atom.